The molecule has 1 N–H and O–H groups in total. The van der Waals surface area contributed by atoms with E-state index in [0.29, 0.717) is 16.3 Å². The fourth-order valence-corrected chi connectivity index (χ4v) is 1.96. The van der Waals surface area contributed by atoms with Crippen molar-refractivity contribution in [3.63, 3.8) is 0 Å². The first-order valence-corrected chi connectivity index (χ1v) is 6.46. The van der Waals surface area contributed by atoms with Crippen molar-refractivity contribution in [2.75, 3.05) is 12.4 Å². The molecule has 2 aromatic rings. The second-order valence-corrected chi connectivity index (χ2v) is 4.76. The Balaban J connectivity index is 2.05. The van der Waals surface area contributed by atoms with Gasteiger partial charge < -0.3 is 10.2 Å². The van der Waals surface area contributed by atoms with E-state index in [2.05, 4.69) is 5.32 Å². The van der Waals surface area contributed by atoms with Crippen LogP contribution in [0.1, 0.15) is 5.56 Å². The summed E-state index contributed by atoms with van der Waals surface area (Å²) in [5, 5.41) is 3.03. The summed E-state index contributed by atoms with van der Waals surface area (Å²) >= 11 is 5.94. The number of nitrogens with one attached hydrogen (secondary N) is 1. The molecular weight excluding hydrogens is 279 g/mol. The molecule has 0 fully saturated rings. The molecule has 0 aliphatic carbocycles. The second-order valence-electron chi connectivity index (χ2n) is 4.35. The van der Waals surface area contributed by atoms with Crippen LogP contribution in [0.25, 0.3) is 0 Å². The zero-order valence-electron chi connectivity index (χ0n) is 10.9. The van der Waals surface area contributed by atoms with Gasteiger partial charge in [0.2, 0.25) is 0 Å². The van der Waals surface area contributed by atoms with Crippen LogP contribution in [-0.4, -0.2) is 18.0 Å². The number of carbonyl (C=O) groups is 1. The summed E-state index contributed by atoms with van der Waals surface area (Å²) in [5.41, 5.74) is 0.990. The Labute approximate surface area is 122 Å². The van der Waals surface area contributed by atoms with Crippen molar-refractivity contribution in [1.29, 1.82) is 0 Å². The minimum Gasteiger partial charge on any atom is -0.323 e. The third kappa shape index (κ3) is 3.48. The fraction of sp³-hybridized carbons (Fsp3) is 0.133. The quantitative estimate of drug-likeness (QED) is 0.906. The van der Waals surface area contributed by atoms with Gasteiger partial charge in [-0.25, -0.2) is 9.18 Å². The first-order valence-electron chi connectivity index (χ1n) is 6.08. The van der Waals surface area contributed by atoms with Crippen molar-refractivity contribution < 1.29 is 9.18 Å². The van der Waals surface area contributed by atoms with Crippen molar-refractivity contribution in [3.8, 4) is 0 Å². The van der Waals surface area contributed by atoms with E-state index < -0.39 is 5.82 Å². The van der Waals surface area contributed by atoms with Gasteiger partial charge in [-0.05, 0) is 24.3 Å². The van der Waals surface area contributed by atoms with E-state index in [1.54, 1.807) is 25.2 Å². The number of anilines is 1. The average molecular weight is 293 g/mol. The Bertz CT molecular complexity index is 584. The highest BCUT2D eigenvalue weighted by Crippen LogP contribution is 2.20. The van der Waals surface area contributed by atoms with Gasteiger partial charge in [0.15, 0.2) is 0 Å². The minimum atomic E-state index is -0.420. The molecule has 0 saturated heterocycles. The van der Waals surface area contributed by atoms with Gasteiger partial charge in [0, 0.05) is 23.3 Å². The molecule has 0 aliphatic rings. The van der Waals surface area contributed by atoms with Crippen LogP contribution in [0.5, 0.6) is 0 Å². The van der Waals surface area contributed by atoms with Crippen LogP contribution in [0.15, 0.2) is 48.5 Å². The number of carbonyl (C=O) groups excluding carboxylic acids is 1. The lowest BCUT2D eigenvalue weighted by atomic mass is 10.2. The Morgan fingerprint density at radius 3 is 2.55 bits per heavy atom. The smallest absolute Gasteiger partial charge is 0.321 e. The molecule has 2 aromatic carbocycles. The van der Waals surface area contributed by atoms with Crippen LogP contribution >= 0.6 is 11.6 Å². The van der Waals surface area contributed by atoms with Crippen LogP contribution in [0, 0.1) is 5.82 Å². The zero-order valence-corrected chi connectivity index (χ0v) is 11.7. The summed E-state index contributed by atoms with van der Waals surface area (Å²) in [6.07, 6.45) is 0. The molecule has 5 heteroatoms. The summed E-state index contributed by atoms with van der Waals surface area (Å²) < 4.78 is 13.7. The van der Waals surface area contributed by atoms with E-state index in [1.165, 1.54) is 17.0 Å². The highest BCUT2D eigenvalue weighted by molar-refractivity contribution is 6.31. The molecular formula is C15H14ClFN2O. The molecule has 2 rings (SSSR count). The predicted octanol–water partition coefficient (Wildman–Crippen LogP) is 4.14. The number of hydrogen-bond acceptors (Lipinski definition) is 1. The molecule has 0 saturated carbocycles. The van der Waals surface area contributed by atoms with Gasteiger partial charge in [-0.1, -0.05) is 35.9 Å². The first kappa shape index (κ1) is 14.3. The molecule has 20 heavy (non-hydrogen) atoms. The number of amides is 2. The molecule has 0 spiro atoms. The number of benzene rings is 2. The topological polar surface area (TPSA) is 32.3 Å². The van der Waals surface area contributed by atoms with Gasteiger partial charge in [-0.3, -0.25) is 0 Å². The lowest BCUT2D eigenvalue weighted by molar-refractivity contribution is 0.220. The molecule has 0 radical (unpaired) electrons. The molecule has 0 atom stereocenters. The normalized spacial score (nSPS) is 10.2. The number of urea groups is 1. The largest absolute Gasteiger partial charge is 0.323 e. The van der Waals surface area contributed by atoms with E-state index in [9.17, 15) is 9.18 Å². The summed E-state index contributed by atoms with van der Waals surface area (Å²) in [6.45, 7) is 0.101. The molecule has 3 nitrogen and oxygen atoms in total. The molecule has 2 amide bonds. The summed E-state index contributed by atoms with van der Waals surface area (Å²) in [4.78, 5) is 13.4. The molecule has 0 aliphatic heterocycles. The van der Waals surface area contributed by atoms with Gasteiger partial charge in [0.1, 0.15) is 5.82 Å². The SMILES string of the molecule is CN(Cc1c(F)cccc1Cl)C(=O)Nc1ccccc1. The minimum absolute atomic E-state index is 0.101. The number of nitrogens with zero attached hydrogens (tertiary/aromatic N) is 1. The van der Waals surface area contributed by atoms with Gasteiger partial charge in [0.05, 0.1) is 6.54 Å². The van der Waals surface area contributed by atoms with E-state index in [0.717, 1.165) is 0 Å². The van der Waals surface area contributed by atoms with Crippen LogP contribution in [-0.2, 0) is 6.54 Å². The van der Waals surface area contributed by atoms with E-state index in [-0.39, 0.29) is 12.6 Å². The molecule has 0 aromatic heterocycles. The van der Waals surface area contributed by atoms with Crippen molar-refractivity contribution in [2.45, 2.75) is 6.54 Å². The maximum absolute atomic E-state index is 13.7. The molecule has 0 heterocycles. The number of para-hydroxylation sites is 1. The van der Waals surface area contributed by atoms with Gasteiger partial charge >= 0.3 is 6.03 Å². The second kappa shape index (κ2) is 6.39. The Kier molecular flexibility index (Phi) is 4.58. The number of hydrogen-bond donors (Lipinski definition) is 1. The molecule has 0 unspecified atom stereocenters. The Morgan fingerprint density at radius 1 is 1.20 bits per heavy atom. The molecule has 104 valence electrons. The maximum atomic E-state index is 13.7. The lowest BCUT2D eigenvalue weighted by Crippen LogP contribution is -2.31. The van der Waals surface area contributed by atoms with Crippen molar-refractivity contribution in [2.24, 2.45) is 0 Å². The Hall–Kier alpha value is -2.07. The van der Waals surface area contributed by atoms with Crippen molar-refractivity contribution in [3.05, 3.63) is 64.9 Å². The zero-order chi connectivity index (χ0) is 14.5. The predicted molar refractivity (Wildman–Crippen MR) is 78.3 cm³/mol. The third-order valence-corrected chi connectivity index (χ3v) is 3.18. The highest BCUT2D eigenvalue weighted by Gasteiger charge is 2.14. The van der Waals surface area contributed by atoms with Crippen LogP contribution in [0.2, 0.25) is 5.02 Å². The van der Waals surface area contributed by atoms with Crippen molar-refractivity contribution in [1.82, 2.24) is 4.90 Å². The van der Waals surface area contributed by atoms with E-state index in [4.69, 9.17) is 11.6 Å². The van der Waals surface area contributed by atoms with Gasteiger partial charge in [-0.2, -0.15) is 0 Å². The van der Waals surface area contributed by atoms with Gasteiger partial charge in [-0.15, -0.1) is 0 Å². The molecule has 0 bridgehead atoms. The summed E-state index contributed by atoms with van der Waals surface area (Å²) in [5.74, 6) is -0.420. The number of rotatable bonds is 3. The van der Waals surface area contributed by atoms with Crippen molar-refractivity contribution >= 4 is 23.3 Å². The van der Waals surface area contributed by atoms with Gasteiger partial charge in [0.25, 0.3) is 0 Å². The van der Waals surface area contributed by atoms with Crippen LogP contribution in [0.4, 0.5) is 14.9 Å². The Morgan fingerprint density at radius 2 is 1.90 bits per heavy atom. The van der Waals surface area contributed by atoms with E-state index in [1.807, 2.05) is 18.2 Å². The maximum Gasteiger partial charge on any atom is 0.321 e. The standard InChI is InChI=1S/C15H14ClFN2O/c1-19(10-12-13(16)8-5-9-14(12)17)15(20)18-11-6-3-2-4-7-11/h2-9H,10H2,1H3,(H,18,20). The third-order valence-electron chi connectivity index (χ3n) is 2.83. The summed E-state index contributed by atoms with van der Waals surface area (Å²) in [6, 6.07) is 13.2. The van der Waals surface area contributed by atoms with Crippen LogP contribution in [0.3, 0.4) is 0 Å². The average Bonchev–Trinajstić information content (AvgIpc) is 2.44. The van der Waals surface area contributed by atoms with Crippen LogP contribution < -0.4 is 5.32 Å². The summed E-state index contributed by atoms with van der Waals surface area (Å²) in [7, 11) is 1.58. The fourth-order valence-electron chi connectivity index (χ4n) is 1.73. The highest BCUT2D eigenvalue weighted by atomic mass is 35.5. The van der Waals surface area contributed by atoms with E-state index >= 15 is 0 Å². The monoisotopic (exact) mass is 292 g/mol. The lowest BCUT2D eigenvalue weighted by Gasteiger charge is -2.19. The number of halogens is 2. The first-order chi connectivity index (χ1) is 9.58.